The molecule has 320 valence electrons. The van der Waals surface area contributed by atoms with Crippen LogP contribution in [0.2, 0.25) is 0 Å². The van der Waals surface area contributed by atoms with E-state index in [4.69, 9.17) is 23.9 Å². The summed E-state index contributed by atoms with van der Waals surface area (Å²) in [6.45, 7) is 6.15. The van der Waals surface area contributed by atoms with Crippen molar-refractivity contribution < 1.29 is 51.6 Å². The molecule has 1 aromatic heterocycles. The van der Waals surface area contributed by atoms with Crippen LogP contribution in [0.4, 0.5) is 4.79 Å². The minimum Gasteiger partial charge on any atom is -0.497 e. The number of ether oxygens (including phenoxy) is 4. The summed E-state index contributed by atoms with van der Waals surface area (Å²) in [5.41, 5.74) is -0.303. The second-order valence-corrected chi connectivity index (χ2v) is 19.3. The number of nitrogens with one attached hydrogen (secondary N) is 3. The molecule has 0 unspecified atom stereocenters. The minimum absolute atomic E-state index is 0.0374. The molecule has 4 amide bonds. The average molecular weight is 846 g/mol. The molecule has 0 bridgehead atoms. The highest BCUT2D eigenvalue weighted by Crippen LogP contribution is 2.48. The summed E-state index contributed by atoms with van der Waals surface area (Å²) in [6, 6.07) is 10.4. The Bertz CT molecular complexity index is 2370. The number of amides is 4. The van der Waals surface area contributed by atoms with E-state index in [0.717, 1.165) is 17.4 Å². The highest BCUT2D eigenvalue weighted by Gasteiger charge is 2.63. The van der Waals surface area contributed by atoms with Gasteiger partial charge < -0.3 is 39.6 Å². The molecule has 3 fully saturated rings. The predicted octanol–water partition coefficient (Wildman–Crippen LogP) is 4.55. The Kier molecular flexibility index (Phi) is 10.8. The summed E-state index contributed by atoms with van der Waals surface area (Å²) in [7, 11) is -2.47. The molecule has 16 nitrogen and oxygen atoms in total. The highest BCUT2D eigenvalue weighted by atomic mass is 32.2. The first-order valence-corrected chi connectivity index (χ1v) is 22.0. The third-order valence-electron chi connectivity index (χ3n) is 12.6. The van der Waals surface area contributed by atoms with Gasteiger partial charge in [-0.25, -0.2) is 18.2 Å². The lowest BCUT2D eigenvalue weighted by atomic mass is 9.88. The van der Waals surface area contributed by atoms with E-state index in [1.54, 1.807) is 20.1 Å². The molecular formula is C43H51N5O11S. The number of allylic oxidation sites excluding steroid dienone is 1. The molecule has 0 spiro atoms. The van der Waals surface area contributed by atoms with Crippen molar-refractivity contribution >= 4 is 44.6 Å². The van der Waals surface area contributed by atoms with Gasteiger partial charge in [-0.2, -0.15) is 0 Å². The molecule has 0 radical (unpaired) electrons. The lowest BCUT2D eigenvalue weighted by Crippen LogP contribution is -2.59. The Morgan fingerprint density at radius 2 is 1.80 bits per heavy atom. The van der Waals surface area contributed by atoms with Gasteiger partial charge in [0.25, 0.3) is 5.91 Å². The van der Waals surface area contributed by atoms with Crippen LogP contribution in [0, 0.1) is 17.8 Å². The zero-order valence-corrected chi connectivity index (χ0v) is 34.9. The number of hydrogen-bond acceptors (Lipinski definition) is 11. The van der Waals surface area contributed by atoms with Crippen molar-refractivity contribution in [3.05, 3.63) is 54.6 Å². The van der Waals surface area contributed by atoms with Gasteiger partial charge in [-0.1, -0.05) is 26.0 Å². The molecule has 2 saturated carbocycles. The fraction of sp³-hybridized carbons (Fsp3) is 0.512. The van der Waals surface area contributed by atoms with Crippen LogP contribution >= 0.6 is 0 Å². The Morgan fingerprint density at radius 3 is 2.53 bits per heavy atom. The molecule has 2 aliphatic carbocycles. The van der Waals surface area contributed by atoms with E-state index < -0.39 is 74.1 Å². The van der Waals surface area contributed by atoms with Crippen molar-refractivity contribution in [2.24, 2.45) is 17.8 Å². The van der Waals surface area contributed by atoms with E-state index in [-0.39, 0.29) is 31.2 Å². The predicted molar refractivity (Wildman–Crippen MR) is 219 cm³/mol. The van der Waals surface area contributed by atoms with Gasteiger partial charge in [0, 0.05) is 23.3 Å². The van der Waals surface area contributed by atoms with Crippen LogP contribution in [0.15, 0.2) is 54.6 Å². The number of benzene rings is 2. The number of carbonyl (C=O) groups is 4. The van der Waals surface area contributed by atoms with Gasteiger partial charge in [-0.3, -0.25) is 19.1 Å². The molecule has 1 saturated heterocycles. The number of sulfonamides is 1. The number of aromatic nitrogens is 1. The summed E-state index contributed by atoms with van der Waals surface area (Å²) in [6.07, 6.45) is 4.41. The molecule has 4 N–H and O–H groups in total. The van der Waals surface area contributed by atoms with Crippen LogP contribution in [-0.2, 0) is 24.4 Å². The van der Waals surface area contributed by atoms with Crippen LogP contribution in [0.5, 0.6) is 23.1 Å². The molecule has 2 aromatic carbocycles. The summed E-state index contributed by atoms with van der Waals surface area (Å²) in [4.78, 5) is 61.6. The number of carboxylic acid groups (broad SMARTS) is 1. The quantitative estimate of drug-likeness (QED) is 0.230. The van der Waals surface area contributed by atoms with Crippen molar-refractivity contribution in [3.63, 3.8) is 0 Å². The van der Waals surface area contributed by atoms with Crippen LogP contribution in [0.25, 0.3) is 22.0 Å². The number of pyridine rings is 1. The lowest BCUT2D eigenvalue weighted by molar-refractivity contribution is -0.142. The van der Waals surface area contributed by atoms with E-state index in [1.165, 1.54) is 4.90 Å². The van der Waals surface area contributed by atoms with E-state index in [9.17, 15) is 32.7 Å². The monoisotopic (exact) mass is 845 g/mol. The first-order chi connectivity index (χ1) is 28.6. The standard InChI is InChI=1S/C43H51N5O11S/c1-24-7-5-6-8-28-22-43(28,40(51)47-60(54,55)42(3)13-14-42)46-37(49)33-21-30(23-48(33)39(50)36(25(2)17-24)45-41(52)53)59-38-31-11-10-29(56-4)18-27(31)19-32(44-38)26-9-12-34-35(20-26)58-16-15-57-34/h6,8-12,18-20,24-25,28,30,33,36,45H,5,7,13-17,21-23H2,1-4H3,(H,46,49)(H,47,51)(H,52,53)/t24-,25-,28-,30-,33+,36+,43-/m1/s1. The molecular weight excluding hydrogens is 795 g/mol. The summed E-state index contributed by atoms with van der Waals surface area (Å²) in [5.74, 6) is -0.937. The van der Waals surface area contributed by atoms with Gasteiger partial charge >= 0.3 is 6.09 Å². The van der Waals surface area contributed by atoms with Gasteiger partial charge in [0.15, 0.2) is 11.5 Å². The Labute approximate surface area is 348 Å². The number of fused-ring (bicyclic) bond motifs is 4. The number of rotatable bonds is 8. The molecule has 4 heterocycles. The van der Waals surface area contributed by atoms with Crippen LogP contribution in [0.3, 0.4) is 0 Å². The SMILES string of the molecule is COc1ccc2c(O[C@@H]3C[C@H]4C(=O)N[C@]5(C(=O)NS(=O)(=O)C6(C)CC6)C[C@H]5C=CCC[C@@H](C)C[C@@H](C)[C@H](NC(=O)O)C(=O)N4C3)nc(-c3ccc4c(c3)OCCO4)cc2c1. The van der Waals surface area contributed by atoms with Gasteiger partial charge in [0.05, 0.1) is 24.1 Å². The number of nitrogens with zero attached hydrogens (tertiary/aromatic N) is 2. The summed E-state index contributed by atoms with van der Waals surface area (Å²) >= 11 is 0. The minimum atomic E-state index is -4.03. The second-order valence-electron chi connectivity index (χ2n) is 17.1. The highest BCUT2D eigenvalue weighted by molar-refractivity contribution is 7.91. The Balaban J connectivity index is 1.15. The maximum atomic E-state index is 14.7. The largest absolute Gasteiger partial charge is 0.497 e. The fourth-order valence-corrected chi connectivity index (χ4v) is 9.97. The van der Waals surface area contributed by atoms with Crippen molar-refractivity contribution in [2.75, 3.05) is 26.9 Å². The Hall–Kier alpha value is -5.58. The van der Waals surface area contributed by atoms with E-state index >= 15 is 0 Å². The van der Waals surface area contributed by atoms with Crippen LogP contribution in [0.1, 0.15) is 65.7 Å². The lowest BCUT2D eigenvalue weighted by Gasteiger charge is -2.32. The molecule has 3 aromatic rings. The molecule has 17 heteroatoms. The summed E-state index contributed by atoms with van der Waals surface area (Å²) in [5, 5.41) is 16.6. The second kappa shape index (κ2) is 15.8. The van der Waals surface area contributed by atoms with E-state index in [1.807, 2.05) is 62.4 Å². The van der Waals surface area contributed by atoms with Gasteiger partial charge in [0.2, 0.25) is 27.7 Å². The van der Waals surface area contributed by atoms with Crippen molar-refractivity contribution in [3.8, 4) is 34.4 Å². The van der Waals surface area contributed by atoms with E-state index in [0.29, 0.717) is 67.2 Å². The third kappa shape index (κ3) is 8.02. The Morgan fingerprint density at radius 1 is 1.03 bits per heavy atom. The molecule has 3 aliphatic heterocycles. The van der Waals surface area contributed by atoms with Crippen molar-refractivity contribution in [1.29, 1.82) is 0 Å². The van der Waals surface area contributed by atoms with Crippen LogP contribution in [-0.4, -0.2) is 103 Å². The normalized spacial score (nSPS) is 28.6. The maximum Gasteiger partial charge on any atom is 0.405 e. The maximum absolute atomic E-state index is 14.7. The van der Waals surface area contributed by atoms with Gasteiger partial charge in [-0.15, -0.1) is 0 Å². The van der Waals surface area contributed by atoms with Crippen molar-refractivity contribution in [2.45, 2.75) is 94.2 Å². The first-order valence-electron chi connectivity index (χ1n) is 20.5. The fourth-order valence-electron chi connectivity index (χ4n) is 8.66. The smallest absolute Gasteiger partial charge is 0.405 e. The molecule has 7 atom stereocenters. The number of hydrogen-bond donors (Lipinski definition) is 4. The number of carbonyl (C=O) groups excluding carboxylic acids is 3. The van der Waals surface area contributed by atoms with Crippen LogP contribution < -0.4 is 34.3 Å². The van der Waals surface area contributed by atoms with E-state index in [2.05, 4.69) is 15.4 Å². The molecule has 5 aliphatic rings. The zero-order valence-electron chi connectivity index (χ0n) is 34.1. The molecule has 60 heavy (non-hydrogen) atoms. The van der Waals surface area contributed by atoms with Gasteiger partial charge in [-0.05, 0) is 105 Å². The van der Waals surface area contributed by atoms with Gasteiger partial charge in [0.1, 0.15) is 42.7 Å². The average Bonchev–Trinajstić information content (AvgIpc) is 4.10. The first kappa shape index (κ1) is 41.2. The zero-order chi connectivity index (χ0) is 42.6. The topological polar surface area (TPSA) is 212 Å². The molecule has 8 rings (SSSR count). The third-order valence-corrected chi connectivity index (χ3v) is 14.8. The van der Waals surface area contributed by atoms with Crippen molar-refractivity contribution in [1.82, 2.24) is 25.2 Å². The summed E-state index contributed by atoms with van der Waals surface area (Å²) < 4.78 is 51.4. The number of methoxy groups -OCH3 is 1.